The number of nitro benzene ring substituents is 1. The monoisotopic (exact) mass is 253 g/mol. The molecule has 96 valence electrons. The fourth-order valence-electron chi connectivity index (χ4n) is 1.16. The first-order chi connectivity index (χ1) is 8.45. The Morgan fingerprint density at radius 2 is 2.17 bits per heavy atom. The Balaban J connectivity index is 2.86. The molecule has 0 aliphatic carbocycles. The van der Waals surface area contributed by atoms with E-state index < -0.39 is 16.8 Å². The van der Waals surface area contributed by atoms with E-state index in [9.17, 15) is 19.7 Å². The van der Waals surface area contributed by atoms with Crippen LogP contribution < -0.4 is 11.1 Å². The molecule has 0 saturated heterocycles. The number of benzene rings is 1. The van der Waals surface area contributed by atoms with Crippen LogP contribution in [0.15, 0.2) is 18.2 Å². The predicted molar refractivity (Wildman–Crippen MR) is 62.8 cm³/mol. The number of nitrogens with one attached hydrogen (secondary N) is 1. The molecule has 0 saturated carbocycles. The minimum absolute atomic E-state index is 0.0332. The van der Waals surface area contributed by atoms with Crippen LogP contribution in [0.2, 0.25) is 0 Å². The lowest BCUT2D eigenvalue weighted by atomic mass is 10.2. The zero-order chi connectivity index (χ0) is 13.7. The van der Waals surface area contributed by atoms with Crippen LogP contribution in [0.5, 0.6) is 0 Å². The highest BCUT2D eigenvalue weighted by atomic mass is 16.6. The normalized spacial score (nSPS) is 9.61. The smallest absolute Gasteiger partial charge is 0.397 e. The van der Waals surface area contributed by atoms with Gasteiger partial charge in [0.1, 0.15) is 5.69 Å². The van der Waals surface area contributed by atoms with Gasteiger partial charge in [0.05, 0.1) is 11.5 Å². The summed E-state index contributed by atoms with van der Waals surface area (Å²) < 4.78 is 4.47. The molecule has 0 heterocycles. The maximum absolute atomic E-state index is 11.3. The molecule has 0 atom stereocenters. The summed E-state index contributed by atoms with van der Waals surface area (Å²) in [6.07, 6.45) is 0. The highest BCUT2D eigenvalue weighted by Crippen LogP contribution is 2.24. The number of carbonyl (C=O) groups is 2. The van der Waals surface area contributed by atoms with Gasteiger partial charge in [-0.25, -0.2) is 4.79 Å². The number of rotatable bonds is 3. The number of ether oxygens (including phenoxy) is 1. The van der Waals surface area contributed by atoms with Gasteiger partial charge in [0, 0.05) is 11.8 Å². The standard InChI is InChI=1S/C10H11N3O5/c1-2-18-10(15)9(14)12-6-3-4-7(11)8(5-6)13(16)17/h3-5H,2,11H2,1H3,(H,12,14). The Hall–Kier alpha value is -2.64. The van der Waals surface area contributed by atoms with Crippen LogP contribution in [0.25, 0.3) is 0 Å². The van der Waals surface area contributed by atoms with Crippen LogP contribution in [0.4, 0.5) is 17.1 Å². The van der Waals surface area contributed by atoms with Gasteiger partial charge in [-0.05, 0) is 19.1 Å². The molecule has 0 radical (unpaired) electrons. The Kier molecular flexibility index (Phi) is 4.19. The molecule has 3 N–H and O–H groups in total. The van der Waals surface area contributed by atoms with Crippen LogP contribution in [0, 0.1) is 10.1 Å². The molecule has 1 aromatic carbocycles. The second-order valence-corrected chi connectivity index (χ2v) is 3.21. The van der Waals surface area contributed by atoms with Gasteiger partial charge >= 0.3 is 11.9 Å². The Bertz CT molecular complexity index is 500. The average molecular weight is 253 g/mol. The topological polar surface area (TPSA) is 125 Å². The van der Waals surface area contributed by atoms with Crippen molar-refractivity contribution < 1.29 is 19.2 Å². The summed E-state index contributed by atoms with van der Waals surface area (Å²) in [5.41, 5.74) is 5.09. The summed E-state index contributed by atoms with van der Waals surface area (Å²) in [6.45, 7) is 1.62. The largest absolute Gasteiger partial charge is 0.459 e. The number of hydrogen-bond acceptors (Lipinski definition) is 6. The van der Waals surface area contributed by atoms with Crippen LogP contribution in [-0.2, 0) is 14.3 Å². The molecule has 8 heteroatoms. The molecule has 0 fully saturated rings. The van der Waals surface area contributed by atoms with Crippen molar-refractivity contribution in [2.75, 3.05) is 17.7 Å². The van der Waals surface area contributed by atoms with E-state index in [0.717, 1.165) is 6.07 Å². The van der Waals surface area contributed by atoms with E-state index in [1.54, 1.807) is 6.92 Å². The van der Waals surface area contributed by atoms with E-state index in [0.29, 0.717) is 0 Å². The molecule has 8 nitrogen and oxygen atoms in total. The number of esters is 1. The van der Waals surface area contributed by atoms with Crippen molar-refractivity contribution in [2.45, 2.75) is 6.92 Å². The molecule has 1 amide bonds. The van der Waals surface area contributed by atoms with Crippen LogP contribution in [0.3, 0.4) is 0 Å². The van der Waals surface area contributed by atoms with E-state index in [1.165, 1.54) is 12.1 Å². The maximum atomic E-state index is 11.3. The van der Waals surface area contributed by atoms with Crippen LogP contribution in [0.1, 0.15) is 6.92 Å². The predicted octanol–water partition coefficient (Wildman–Crippen LogP) is 0.679. The molecule has 0 bridgehead atoms. The van der Waals surface area contributed by atoms with Gasteiger partial charge in [-0.2, -0.15) is 0 Å². The van der Waals surface area contributed by atoms with Gasteiger partial charge in [-0.15, -0.1) is 0 Å². The van der Waals surface area contributed by atoms with E-state index in [4.69, 9.17) is 5.73 Å². The summed E-state index contributed by atoms with van der Waals surface area (Å²) in [4.78, 5) is 32.3. The minimum Gasteiger partial charge on any atom is -0.459 e. The number of carbonyl (C=O) groups excluding carboxylic acids is 2. The highest BCUT2D eigenvalue weighted by Gasteiger charge is 2.17. The molecule has 0 spiro atoms. The summed E-state index contributed by atoms with van der Waals surface area (Å²) in [6, 6.07) is 3.67. The van der Waals surface area contributed by atoms with Crippen LogP contribution >= 0.6 is 0 Å². The van der Waals surface area contributed by atoms with Crippen molar-refractivity contribution >= 4 is 28.9 Å². The van der Waals surface area contributed by atoms with Gasteiger partial charge < -0.3 is 15.8 Å². The maximum Gasteiger partial charge on any atom is 0.397 e. The summed E-state index contributed by atoms with van der Waals surface area (Å²) >= 11 is 0. The number of nitro groups is 1. The average Bonchev–Trinajstić information content (AvgIpc) is 2.31. The lowest BCUT2D eigenvalue weighted by molar-refractivity contribution is -0.383. The Morgan fingerprint density at radius 1 is 1.50 bits per heavy atom. The molecule has 1 aromatic rings. The van der Waals surface area contributed by atoms with E-state index in [1.807, 2.05) is 0 Å². The number of amides is 1. The quantitative estimate of drug-likeness (QED) is 0.268. The molecule has 0 aliphatic rings. The van der Waals surface area contributed by atoms with E-state index in [2.05, 4.69) is 10.1 Å². The number of nitrogens with two attached hydrogens (primary N) is 1. The summed E-state index contributed by atoms with van der Waals surface area (Å²) in [7, 11) is 0. The van der Waals surface area contributed by atoms with E-state index >= 15 is 0 Å². The molecule has 18 heavy (non-hydrogen) atoms. The van der Waals surface area contributed by atoms with Crippen molar-refractivity contribution in [3.63, 3.8) is 0 Å². The van der Waals surface area contributed by atoms with Gasteiger partial charge in [0.25, 0.3) is 5.69 Å². The first-order valence-corrected chi connectivity index (χ1v) is 4.97. The Labute approximate surface area is 102 Å². The van der Waals surface area contributed by atoms with Crippen molar-refractivity contribution in [1.82, 2.24) is 0 Å². The summed E-state index contributed by atoms with van der Waals surface area (Å²) in [5.74, 6) is -2.06. The lowest BCUT2D eigenvalue weighted by Gasteiger charge is -2.05. The third kappa shape index (κ3) is 3.17. The second-order valence-electron chi connectivity index (χ2n) is 3.21. The Morgan fingerprint density at radius 3 is 2.72 bits per heavy atom. The second kappa shape index (κ2) is 5.62. The molecular weight excluding hydrogens is 242 g/mol. The minimum atomic E-state index is -1.06. The van der Waals surface area contributed by atoms with E-state index in [-0.39, 0.29) is 23.7 Å². The van der Waals surface area contributed by atoms with Gasteiger partial charge in [-0.3, -0.25) is 14.9 Å². The third-order valence-corrected chi connectivity index (χ3v) is 1.95. The van der Waals surface area contributed by atoms with Crippen molar-refractivity contribution in [2.24, 2.45) is 0 Å². The molecule has 0 aromatic heterocycles. The SMILES string of the molecule is CCOC(=O)C(=O)Nc1ccc(N)c([N+](=O)[O-])c1. The molecule has 1 rings (SSSR count). The third-order valence-electron chi connectivity index (χ3n) is 1.95. The first kappa shape index (κ1) is 13.4. The number of hydrogen-bond donors (Lipinski definition) is 2. The van der Waals surface area contributed by atoms with Crippen molar-refractivity contribution in [1.29, 1.82) is 0 Å². The van der Waals surface area contributed by atoms with Gasteiger partial charge in [-0.1, -0.05) is 0 Å². The highest BCUT2D eigenvalue weighted by molar-refractivity contribution is 6.37. The zero-order valence-electron chi connectivity index (χ0n) is 9.50. The first-order valence-electron chi connectivity index (χ1n) is 4.97. The molecule has 0 aliphatic heterocycles. The number of anilines is 2. The van der Waals surface area contributed by atoms with Gasteiger partial charge in [0.2, 0.25) is 0 Å². The number of nitrogen functional groups attached to an aromatic ring is 1. The fourth-order valence-corrected chi connectivity index (χ4v) is 1.16. The van der Waals surface area contributed by atoms with Gasteiger partial charge in [0.15, 0.2) is 0 Å². The molecular formula is C10H11N3O5. The lowest BCUT2D eigenvalue weighted by Crippen LogP contribution is -2.25. The fraction of sp³-hybridized carbons (Fsp3) is 0.200. The number of nitrogens with zero attached hydrogens (tertiary/aromatic N) is 1. The van der Waals surface area contributed by atoms with Crippen molar-refractivity contribution in [3.8, 4) is 0 Å². The molecule has 0 unspecified atom stereocenters. The van der Waals surface area contributed by atoms with Crippen molar-refractivity contribution in [3.05, 3.63) is 28.3 Å². The zero-order valence-corrected chi connectivity index (χ0v) is 9.50. The van der Waals surface area contributed by atoms with Crippen LogP contribution in [-0.4, -0.2) is 23.4 Å². The summed E-state index contributed by atoms with van der Waals surface area (Å²) in [5, 5.41) is 12.8.